The predicted molar refractivity (Wildman–Crippen MR) is 59.2 cm³/mol. The van der Waals surface area contributed by atoms with Gasteiger partial charge in [0.15, 0.2) is 5.65 Å². The van der Waals surface area contributed by atoms with Gasteiger partial charge in [0.05, 0.1) is 6.33 Å². The van der Waals surface area contributed by atoms with Gasteiger partial charge >= 0.3 is 5.97 Å². The highest BCUT2D eigenvalue weighted by molar-refractivity contribution is 7.99. The molecule has 0 unspecified atom stereocenters. The number of thioether (sulfide) groups is 1. The number of carboxylic acids is 1. The van der Waals surface area contributed by atoms with Crippen molar-refractivity contribution >= 4 is 28.9 Å². The van der Waals surface area contributed by atoms with Gasteiger partial charge in [-0.25, -0.2) is 19.7 Å². The summed E-state index contributed by atoms with van der Waals surface area (Å²) in [7, 11) is 0. The van der Waals surface area contributed by atoms with Crippen molar-refractivity contribution in [3.05, 3.63) is 24.8 Å². The molecule has 0 atom stereocenters. The molecule has 7 heteroatoms. The van der Waals surface area contributed by atoms with E-state index in [1.54, 1.807) is 12.4 Å². The third kappa shape index (κ3) is 2.37. The number of fused-ring (bicyclic) bond motifs is 1. The Morgan fingerprint density at radius 3 is 3.19 bits per heavy atom. The number of H-pyrrole nitrogens is 1. The predicted octanol–water partition coefficient (Wildman–Crippen LogP) is 1.09. The second kappa shape index (κ2) is 4.75. The van der Waals surface area contributed by atoms with Crippen LogP contribution in [0.15, 0.2) is 29.8 Å². The maximum absolute atomic E-state index is 10.2. The number of hydrogen-bond donors (Lipinski definition) is 2. The molecule has 82 valence electrons. The second-order valence-electron chi connectivity index (χ2n) is 2.83. The first-order valence-corrected chi connectivity index (χ1v) is 5.42. The summed E-state index contributed by atoms with van der Waals surface area (Å²) in [6, 6.07) is 0. The summed E-state index contributed by atoms with van der Waals surface area (Å²) >= 11 is 1.42. The van der Waals surface area contributed by atoms with E-state index < -0.39 is 5.97 Å². The van der Waals surface area contributed by atoms with E-state index >= 15 is 0 Å². The average Bonchev–Trinajstić information content (AvgIpc) is 2.72. The van der Waals surface area contributed by atoms with Crippen molar-refractivity contribution in [2.45, 2.75) is 5.03 Å². The average molecular weight is 236 g/mol. The van der Waals surface area contributed by atoms with Crippen LogP contribution >= 0.6 is 11.8 Å². The van der Waals surface area contributed by atoms with Gasteiger partial charge in [-0.1, -0.05) is 17.8 Å². The van der Waals surface area contributed by atoms with Gasteiger partial charge in [-0.15, -0.1) is 0 Å². The molecule has 0 saturated carbocycles. The molecule has 0 aliphatic rings. The molecule has 2 N–H and O–H groups in total. The Bertz CT molecular complexity index is 537. The van der Waals surface area contributed by atoms with Gasteiger partial charge in [-0.05, 0) is 0 Å². The van der Waals surface area contributed by atoms with Gasteiger partial charge in [0.1, 0.15) is 16.9 Å². The topological polar surface area (TPSA) is 91.8 Å². The molecule has 2 heterocycles. The standard InChI is InChI=1S/C9H8N4O2S/c14-6(15)2-1-3-16-9-7-8(11-4-10-7)12-5-13-9/h1-2,4-5H,3H2,(H,14,15)(H,10,11,12,13). The fraction of sp³-hybridized carbons (Fsp3) is 0.111. The van der Waals surface area contributed by atoms with Gasteiger partial charge in [-0.3, -0.25) is 0 Å². The normalized spacial score (nSPS) is 11.2. The third-order valence-corrected chi connectivity index (χ3v) is 2.71. The van der Waals surface area contributed by atoms with E-state index in [0.717, 1.165) is 16.6 Å². The quantitative estimate of drug-likeness (QED) is 0.469. The molecule has 0 spiro atoms. The van der Waals surface area contributed by atoms with Crippen LogP contribution in [0.3, 0.4) is 0 Å². The Morgan fingerprint density at radius 1 is 1.50 bits per heavy atom. The highest BCUT2D eigenvalue weighted by atomic mass is 32.2. The number of aliphatic carboxylic acids is 1. The minimum Gasteiger partial charge on any atom is -0.478 e. The molecule has 16 heavy (non-hydrogen) atoms. The van der Waals surface area contributed by atoms with Gasteiger partial charge < -0.3 is 10.1 Å². The summed E-state index contributed by atoms with van der Waals surface area (Å²) in [4.78, 5) is 25.3. The van der Waals surface area contributed by atoms with Crippen LogP contribution < -0.4 is 0 Å². The lowest BCUT2D eigenvalue weighted by molar-refractivity contribution is -0.131. The summed E-state index contributed by atoms with van der Waals surface area (Å²) in [5.41, 5.74) is 1.39. The van der Waals surface area contributed by atoms with Crippen LogP contribution in [0.25, 0.3) is 11.2 Å². The molecule has 0 radical (unpaired) electrons. The zero-order chi connectivity index (χ0) is 11.4. The zero-order valence-corrected chi connectivity index (χ0v) is 8.94. The van der Waals surface area contributed by atoms with Crippen molar-refractivity contribution in [3.63, 3.8) is 0 Å². The van der Waals surface area contributed by atoms with Crippen LogP contribution in [-0.2, 0) is 4.79 Å². The first-order valence-electron chi connectivity index (χ1n) is 4.43. The number of carbonyl (C=O) groups is 1. The maximum Gasteiger partial charge on any atom is 0.328 e. The second-order valence-corrected chi connectivity index (χ2v) is 3.84. The van der Waals surface area contributed by atoms with E-state index in [1.165, 1.54) is 18.1 Å². The number of carboxylic acid groups (broad SMARTS) is 1. The monoisotopic (exact) mass is 236 g/mol. The third-order valence-electron chi connectivity index (χ3n) is 1.76. The molecular weight excluding hydrogens is 228 g/mol. The van der Waals surface area contributed by atoms with Gasteiger partial charge in [0, 0.05) is 11.8 Å². The van der Waals surface area contributed by atoms with Crippen molar-refractivity contribution in [1.29, 1.82) is 0 Å². The first kappa shape index (κ1) is 10.6. The summed E-state index contributed by atoms with van der Waals surface area (Å²) in [5, 5.41) is 9.17. The van der Waals surface area contributed by atoms with Crippen molar-refractivity contribution in [2.24, 2.45) is 0 Å². The van der Waals surface area contributed by atoms with E-state index in [2.05, 4.69) is 19.9 Å². The minimum absolute atomic E-state index is 0.539. The number of imidazole rings is 1. The van der Waals surface area contributed by atoms with Crippen molar-refractivity contribution in [2.75, 3.05) is 5.75 Å². The fourth-order valence-electron chi connectivity index (χ4n) is 1.13. The molecular formula is C9H8N4O2S. The lowest BCUT2D eigenvalue weighted by Crippen LogP contribution is -1.88. The van der Waals surface area contributed by atoms with Crippen LogP contribution in [0, 0.1) is 0 Å². The number of aromatic nitrogens is 4. The lowest BCUT2D eigenvalue weighted by Gasteiger charge is -1.97. The minimum atomic E-state index is -0.949. The Kier molecular flexibility index (Phi) is 3.16. The smallest absolute Gasteiger partial charge is 0.328 e. The number of aromatic amines is 1. The molecule has 0 aliphatic heterocycles. The van der Waals surface area contributed by atoms with Crippen LogP contribution in [0.2, 0.25) is 0 Å². The molecule has 2 aromatic rings. The molecule has 0 aromatic carbocycles. The van der Waals surface area contributed by atoms with E-state index in [4.69, 9.17) is 5.11 Å². The Hall–Kier alpha value is -1.89. The van der Waals surface area contributed by atoms with Crippen molar-refractivity contribution in [1.82, 2.24) is 19.9 Å². The summed E-state index contributed by atoms with van der Waals surface area (Å²) in [5.74, 6) is -0.410. The number of rotatable bonds is 4. The summed E-state index contributed by atoms with van der Waals surface area (Å²) in [6.45, 7) is 0. The molecule has 0 bridgehead atoms. The van der Waals surface area contributed by atoms with Crippen LogP contribution in [0.4, 0.5) is 0 Å². The molecule has 0 saturated heterocycles. The van der Waals surface area contributed by atoms with Gasteiger partial charge in [0.2, 0.25) is 0 Å². The summed E-state index contributed by atoms with van der Waals surface area (Å²) < 4.78 is 0. The fourth-order valence-corrected chi connectivity index (χ4v) is 1.89. The zero-order valence-electron chi connectivity index (χ0n) is 8.12. The largest absolute Gasteiger partial charge is 0.478 e. The SMILES string of the molecule is O=C(O)C=CCSc1ncnc2nc[nH]c12. The number of hydrogen-bond acceptors (Lipinski definition) is 5. The molecule has 0 fully saturated rings. The Labute approximate surface area is 94.8 Å². The van der Waals surface area contributed by atoms with Crippen molar-refractivity contribution < 1.29 is 9.90 Å². The van der Waals surface area contributed by atoms with E-state index in [-0.39, 0.29) is 0 Å². The number of nitrogens with one attached hydrogen (secondary N) is 1. The highest BCUT2D eigenvalue weighted by Crippen LogP contribution is 2.21. The number of nitrogens with zero attached hydrogens (tertiary/aromatic N) is 3. The first-order chi connectivity index (χ1) is 7.77. The molecule has 2 rings (SSSR count). The van der Waals surface area contributed by atoms with Gasteiger partial charge in [0.25, 0.3) is 0 Å². The van der Waals surface area contributed by atoms with Crippen molar-refractivity contribution in [3.8, 4) is 0 Å². The maximum atomic E-state index is 10.2. The van der Waals surface area contributed by atoms with E-state index in [9.17, 15) is 4.79 Å². The molecule has 6 nitrogen and oxygen atoms in total. The highest BCUT2D eigenvalue weighted by Gasteiger charge is 2.04. The molecule has 0 aliphatic carbocycles. The van der Waals surface area contributed by atoms with E-state index in [1.807, 2.05) is 0 Å². The van der Waals surface area contributed by atoms with Crippen LogP contribution in [0.1, 0.15) is 0 Å². The molecule has 2 aromatic heterocycles. The summed E-state index contributed by atoms with van der Waals surface area (Å²) in [6.07, 6.45) is 5.67. The molecule has 0 amide bonds. The lowest BCUT2D eigenvalue weighted by atomic mass is 10.5. The van der Waals surface area contributed by atoms with Gasteiger partial charge in [-0.2, -0.15) is 0 Å². The van der Waals surface area contributed by atoms with E-state index in [0.29, 0.717) is 11.4 Å². The Balaban J connectivity index is 2.09. The Morgan fingerprint density at radius 2 is 2.38 bits per heavy atom. The van der Waals surface area contributed by atoms with Crippen LogP contribution in [0.5, 0.6) is 0 Å². The van der Waals surface area contributed by atoms with Crippen LogP contribution in [-0.4, -0.2) is 36.8 Å².